The molecule has 0 radical (unpaired) electrons. The number of alkyl halides is 4. The lowest BCUT2D eigenvalue weighted by Gasteiger charge is -2.18. The minimum atomic E-state index is -4.64. The van der Waals surface area contributed by atoms with Crippen LogP contribution in [0.5, 0.6) is 0 Å². The molecule has 1 N–H and O–H groups in total. The Morgan fingerprint density at radius 1 is 1.44 bits per heavy atom. The lowest BCUT2D eigenvalue weighted by atomic mass is 10.2. The summed E-state index contributed by atoms with van der Waals surface area (Å²) in [6, 6.07) is 3.05. The number of hydrogen-bond acceptors (Lipinski definition) is 2. The maximum Gasteiger partial charge on any atom is 0.383 e. The summed E-state index contributed by atoms with van der Waals surface area (Å²) >= 11 is 1.47. The highest BCUT2D eigenvalue weighted by atomic mass is 32.1. The van der Waals surface area contributed by atoms with Crippen molar-refractivity contribution in [1.82, 2.24) is 5.32 Å². The first-order valence-corrected chi connectivity index (χ1v) is 6.07. The van der Waals surface area contributed by atoms with Crippen molar-refractivity contribution in [3.8, 4) is 0 Å². The average molecular weight is 283 g/mol. The molecule has 0 spiro atoms. The van der Waals surface area contributed by atoms with Crippen molar-refractivity contribution in [3.05, 3.63) is 21.9 Å². The lowest BCUT2D eigenvalue weighted by molar-refractivity contribution is -0.170. The molecule has 102 valence electrons. The van der Waals surface area contributed by atoms with Crippen LogP contribution in [0.4, 0.5) is 17.6 Å². The fourth-order valence-electron chi connectivity index (χ4n) is 1.37. The number of amides is 1. The molecule has 0 bridgehead atoms. The third-order valence-electron chi connectivity index (χ3n) is 2.26. The normalized spacial score (nSPS) is 13.7. The topological polar surface area (TPSA) is 29.1 Å². The lowest BCUT2D eigenvalue weighted by Crippen LogP contribution is -2.48. The number of aryl methyl sites for hydroxylation is 1. The van der Waals surface area contributed by atoms with Gasteiger partial charge in [-0.05, 0) is 26.0 Å². The molecule has 1 heterocycles. The van der Waals surface area contributed by atoms with Crippen molar-refractivity contribution in [2.75, 3.05) is 0 Å². The van der Waals surface area contributed by atoms with E-state index >= 15 is 0 Å². The molecule has 0 saturated heterocycles. The number of hydrogen-bond donors (Lipinski definition) is 1. The molecule has 1 unspecified atom stereocenters. The Kier molecular flexibility index (Phi) is 4.72. The first-order valence-electron chi connectivity index (χ1n) is 5.25. The molecule has 7 heteroatoms. The number of carbonyl (C=O) groups is 1. The molecule has 0 aliphatic rings. The summed E-state index contributed by atoms with van der Waals surface area (Å²) in [4.78, 5) is 12.9. The summed E-state index contributed by atoms with van der Waals surface area (Å²) in [5.41, 5.74) is 0. The van der Waals surface area contributed by atoms with Gasteiger partial charge in [0.05, 0.1) is 0 Å². The zero-order valence-electron chi connectivity index (χ0n) is 9.84. The van der Waals surface area contributed by atoms with Crippen LogP contribution in [0.15, 0.2) is 12.1 Å². The van der Waals surface area contributed by atoms with E-state index in [1.54, 1.807) is 0 Å². The van der Waals surface area contributed by atoms with E-state index in [4.69, 9.17) is 0 Å². The van der Waals surface area contributed by atoms with Gasteiger partial charge in [-0.3, -0.25) is 4.79 Å². The minimum absolute atomic E-state index is 0.337. The molecule has 1 aromatic rings. The van der Waals surface area contributed by atoms with Crippen molar-refractivity contribution >= 4 is 17.2 Å². The fraction of sp³-hybridized carbons (Fsp3) is 0.545. The standard InChI is InChI=1S/C11H13F4NOS/c1-6(5-8-4-3-7(2)18-8)16-10(17)11(14,15)9(12)13/h3-4,6,9H,5H2,1-2H3,(H,16,17). The van der Waals surface area contributed by atoms with Gasteiger partial charge in [-0.1, -0.05) is 0 Å². The SMILES string of the molecule is Cc1ccc(CC(C)NC(=O)C(F)(F)C(F)F)s1. The first-order chi connectivity index (χ1) is 8.23. The second kappa shape index (κ2) is 5.69. The summed E-state index contributed by atoms with van der Waals surface area (Å²) in [5.74, 6) is -6.57. The Labute approximate surface area is 106 Å². The van der Waals surface area contributed by atoms with Gasteiger partial charge in [-0.25, -0.2) is 8.78 Å². The van der Waals surface area contributed by atoms with Crippen molar-refractivity contribution in [2.45, 2.75) is 38.7 Å². The van der Waals surface area contributed by atoms with Gasteiger partial charge < -0.3 is 5.32 Å². The Morgan fingerprint density at radius 2 is 2.06 bits per heavy atom. The second-order valence-electron chi connectivity index (χ2n) is 4.01. The minimum Gasteiger partial charge on any atom is -0.348 e. The Hall–Kier alpha value is -1.11. The Morgan fingerprint density at radius 3 is 2.50 bits per heavy atom. The van der Waals surface area contributed by atoms with Crippen LogP contribution in [0.2, 0.25) is 0 Å². The molecular weight excluding hydrogens is 270 g/mol. The fourth-order valence-corrected chi connectivity index (χ4v) is 2.39. The monoisotopic (exact) mass is 283 g/mol. The van der Waals surface area contributed by atoms with Crippen LogP contribution >= 0.6 is 11.3 Å². The number of carbonyl (C=O) groups excluding carboxylic acids is 1. The van der Waals surface area contributed by atoms with Gasteiger partial charge in [-0.15, -0.1) is 11.3 Å². The van der Waals surface area contributed by atoms with Gasteiger partial charge in [0.25, 0.3) is 5.91 Å². The van der Waals surface area contributed by atoms with Gasteiger partial charge in [0, 0.05) is 22.2 Å². The molecule has 0 fully saturated rings. The number of rotatable bonds is 5. The molecule has 1 atom stereocenters. The largest absolute Gasteiger partial charge is 0.383 e. The molecule has 2 nitrogen and oxygen atoms in total. The molecule has 1 aromatic heterocycles. The second-order valence-corrected chi connectivity index (χ2v) is 5.39. The molecule has 1 amide bonds. The third kappa shape index (κ3) is 3.69. The van der Waals surface area contributed by atoms with Crippen molar-refractivity contribution in [2.24, 2.45) is 0 Å². The first kappa shape index (κ1) is 14.9. The Bertz CT molecular complexity index is 419. The van der Waals surface area contributed by atoms with Crippen molar-refractivity contribution < 1.29 is 22.4 Å². The summed E-state index contributed by atoms with van der Waals surface area (Å²) in [7, 11) is 0. The number of nitrogens with one attached hydrogen (secondary N) is 1. The van der Waals surface area contributed by atoms with Crippen LogP contribution in [-0.2, 0) is 11.2 Å². The zero-order chi connectivity index (χ0) is 13.9. The molecule has 0 saturated carbocycles. The van der Waals surface area contributed by atoms with E-state index in [1.165, 1.54) is 18.3 Å². The molecule has 0 aliphatic carbocycles. The maximum atomic E-state index is 12.7. The van der Waals surface area contributed by atoms with Gasteiger partial charge in [0.15, 0.2) is 0 Å². The predicted octanol–water partition coefficient (Wildman–Crippen LogP) is 3.00. The van der Waals surface area contributed by atoms with Crippen molar-refractivity contribution in [3.63, 3.8) is 0 Å². The predicted molar refractivity (Wildman–Crippen MR) is 61.3 cm³/mol. The Balaban J connectivity index is 2.55. The quantitative estimate of drug-likeness (QED) is 0.827. The van der Waals surface area contributed by atoms with Crippen LogP contribution < -0.4 is 5.32 Å². The zero-order valence-corrected chi connectivity index (χ0v) is 10.7. The van der Waals surface area contributed by atoms with Gasteiger partial charge >= 0.3 is 12.3 Å². The molecule has 18 heavy (non-hydrogen) atoms. The highest BCUT2D eigenvalue weighted by Gasteiger charge is 2.49. The van der Waals surface area contributed by atoms with Crippen LogP contribution in [0.1, 0.15) is 16.7 Å². The van der Waals surface area contributed by atoms with Gasteiger partial charge in [0.2, 0.25) is 0 Å². The van der Waals surface area contributed by atoms with Crippen LogP contribution in [0.3, 0.4) is 0 Å². The average Bonchev–Trinajstić information content (AvgIpc) is 2.63. The van der Waals surface area contributed by atoms with Gasteiger partial charge in [0.1, 0.15) is 0 Å². The van der Waals surface area contributed by atoms with E-state index in [1.807, 2.05) is 24.4 Å². The van der Waals surface area contributed by atoms with Crippen molar-refractivity contribution in [1.29, 1.82) is 0 Å². The summed E-state index contributed by atoms with van der Waals surface area (Å²) in [5, 5.41) is 1.90. The van der Waals surface area contributed by atoms with Crippen LogP contribution in [0.25, 0.3) is 0 Å². The van der Waals surface area contributed by atoms with Crippen LogP contribution in [0, 0.1) is 6.92 Å². The van der Waals surface area contributed by atoms with E-state index in [2.05, 4.69) is 0 Å². The highest BCUT2D eigenvalue weighted by molar-refractivity contribution is 7.11. The number of thiophene rings is 1. The van der Waals surface area contributed by atoms with E-state index in [9.17, 15) is 22.4 Å². The summed E-state index contributed by atoms with van der Waals surface area (Å²) < 4.78 is 49.2. The third-order valence-corrected chi connectivity index (χ3v) is 3.28. The molecular formula is C11H13F4NOS. The summed E-state index contributed by atoms with van der Waals surface area (Å²) in [6.45, 7) is 3.39. The smallest absolute Gasteiger partial charge is 0.348 e. The van der Waals surface area contributed by atoms with Crippen LogP contribution in [-0.4, -0.2) is 24.3 Å². The van der Waals surface area contributed by atoms with E-state index in [0.29, 0.717) is 6.42 Å². The van der Waals surface area contributed by atoms with Gasteiger partial charge in [-0.2, -0.15) is 8.78 Å². The molecule has 0 aromatic carbocycles. The summed E-state index contributed by atoms with van der Waals surface area (Å²) in [6.07, 6.45) is -3.66. The highest BCUT2D eigenvalue weighted by Crippen LogP contribution is 2.23. The van der Waals surface area contributed by atoms with E-state index in [-0.39, 0.29) is 0 Å². The number of halogens is 4. The molecule has 0 aliphatic heterocycles. The van der Waals surface area contributed by atoms with E-state index < -0.39 is 24.3 Å². The maximum absolute atomic E-state index is 12.7. The molecule has 1 rings (SSSR count). The van der Waals surface area contributed by atoms with E-state index in [0.717, 1.165) is 9.75 Å².